The molecular weight excluding hydrogens is 272 g/mol. The number of rotatable bonds is 2. The van der Waals surface area contributed by atoms with Crippen LogP contribution in [0.4, 0.5) is 0 Å². The van der Waals surface area contributed by atoms with Gasteiger partial charge in [-0.05, 0) is 5.56 Å². The summed E-state index contributed by atoms with van der Waals surface area (Å²) in [4.78, 5) is 12.4. The Labute approximate surface area is 122 Å². The van der Waals surface area contributed by atoms with Gasteiger partial charge in [0.1, 0.15) is 11.7 Å². The van der Waals surface area contributed by atoms with Crippen molar-refractivity contribution in [1.29, 1.82) is 5.26 Å². The number of nitriles is 1. The molecule has 0 aromatic heterocycles. The van der Waals surface area contributed by atoms with Gasteiger partial charge in [0.25, 0.3) is 0 Å². The van der Waals surface area contributed by atoms with Gasteiger partial charge in [-0.2, -0.15) is 5.26 Å². The van der Waals surface area contributed by atoms with Crippen molar-refractivity contribution in [3.05, 3.63) is 47.3 Å². The zero-order chi connectivity index (χ0) is 14.7. The predicted molar refractivity (Wildman–Crippen MR) is 79.3 cm³/mol. The second-order valence-electron chi connectivity index (χ2n) is 4.41. The first-order chi connectivity index (χ1) is 9.60. The first-order valence-corrected chi connectivity index (χ1v) is 6.48. The third-order valence-corrected chi connectivity index (χ3v) is 3.64. The van der Waals surface area contributed by atoms with Crippen molar-refractivity contribution in [2.45, 2.75) is 5.92 Å². The zero-order valence-electron chi connectivity index (χ0n) is 10.9. The molecule has 0 unspecified atom stereocenters. The molecule has 4 N–H and O–H groups in total. The topological polar surface area (TPSA) is 90.9 Å². The molecular formula is C14H14N4OS. The van der Waals surface area contributed by atoms with Crippen LogP contribution in [0.2, 0.25) is 0 Å². The van der Waals surface area contributed by atoms with E-state index in [-0.39, 0.29) is 11.7 Å². The summed E-state index contributed by atoms with van der Waals surface area (Å²) in [6.07, 6.45) is 0. The zero-order valence-corrected chi connectivity index (χ0v) is 11.7. The molecule has 0 fully saturated rings. The minimum Gasteiger partial charge on any atom is -0.384 e. The number of allylic oxidation sites excluding steroid dienone is 1. The molecule has 2 atom stereocenters. The number of nitrogens with zero attached hydrogens (tertiary/aromatic N) is 1. The van der Waals surface area contributed by atoms with Crippen LogP contribution in [0.25, 0.3) is 0 Å². The van der Waals surface area contributed by atoms with Gasteiger partial charge in [-0.3, -0.25) is 4.79 Å². The van der Waals surface area contributed by atoms with Gasteiger partial charge in [0.15, 0.2) is 0 Å². The van der Waals surface area contributed by atoms with Crippen molar-refractivity contribution < 1.29 is 4.79 Å². The van der Waals surface area contributed by atoms with Gasteiger partial charge >= 0.3 is 0 Å². The third kappa shape index (κ3) is 2.36. The molecule has 1 aliphatic heterocycles. The first kappa shape index (κ1) is 14.0. The van der Waals surface area contributed by atoms with E-state index >= 15 is 0 Å². The molecule has 1 aliphatic rings. The van der Waals surface area contributed by atoms with Gasteiger partial charge in [-0.1, -0.05) is 42.5 Å². The van der Waals surface area contributed by atoms with Crippen LogP contribution in [-0.4, -0.2) is 17.9 Å². The lowest BCUT2D eigenvalue weighted by Gasteiger charge is -2.32. The van der Waals surface area contributed by atoms with Gasteiger partial charge in [0.2, 0.25) is 5.91 Å². The van der Waals surface area contributed by atoms with Crippen molar-refractivity contribution in [1.82, 2.24) is 10.6 Å². The van der Waals surface area contributed by atoms with Crippen LogP contribution in [0.5, 0.6) is 0 Å². The summed E-state index contributed by atoms with van der Waals surface area (Å²) in [5, 5.41) is 14.7. The number of amides is 1. The van der Waals surface area contributed by atoms with E-state index < -0.39 is 11.8 Å². The largest absolute Gasteiger partial charge is 0.384 e. The molecule has 0 saturated carbocycles. The van der Waals surface area contributed by atoms with Crippen molar-refractivity contribution in [3.63, 3.8) is 0 Å². The van der Waals surface area contributed by atoms with E-state index in [0.717, 1.165) is 5.56 Å². The summed E-state index contributed by atoms with van der Waals surface area (Å²) in [5.74, 6) is -1.13. The highest BCUT2D eigenvalue weighted by Gasteiger charge is 2.40. The molecule has 0 bridgehead atoms. The van der Waals surface area contributed by atoms with Gasteiger partial charge < -0.3 is 16.4 Å². The fraction of sp³-hybridized carbons (Fsp3) is 0.214. The molecule has 5 nitrogen and oxygen atoms in total. The molecule has 0 aliphatic carbocycles. The van der Waals surface area contributed by atoms with E-state index in [2.05, 4.69) is 16.7 Å². The highest BCUT2D eigenvalue weighted by molar-refractivity contribution is 7.80. The molecule has 0 spiro atoms. The third-order valence-electron chi connectivity index (χ3n) is 3.28. The second-order valence-corrected chi connectivity index (χ2v) is 4.85. The summed E-state index contributed by atoms with van der Waals surface area (Å²) < 4.78 is 0. The molecule has 0 radical (unpaired) electrons. The number of hydrogen-bond donors (Lipinski definition) is 3. The van der Waals surface area contributed by atoms with E-state index in [9.17, 15) is 10.1 Å². The van der Waals surface area contributed by atoms with E-state index in [4.69, 9.17) is 18.0 Å². The van der Waals surface area contributed by atoms with Gasteiger partial charge in [-0.25, -0.2) is 0 Å². The number of carbonyl (C=O) groups is 1. The minimum absolute atomic E-state index is 0.214. The van der Waals surface area contributed by atoms with Crippen LogP contribution in [0.3, 0.4) is 0 Å². The van der Waals surface area contributed by atoms with Crippen molar-refractivity contribution >= 4 is 23.1 Å². The van der Waals surface area contributed by atoms with Gasteiger partial charge in [-0.15, -0.1) is 0 Å². The quantitative estimate of drug-likeness (QED) is 0.698. The van der Waals surface area contributed by atoms with Crippen LogP contribution in [-0.2, 0) is 4.79 Å². The molecule has 20 heavy (non-hydrogen) atoms. The number of carbonyl (C=O) groups excluding carboxylic acids is 1. The number of benzene rings is 1. The number of nitrogens with two attached hydrogens (primary N) is 1. The monoisotopic (exact) mass is 286 g/mol. The van der Waals surface area contributed by atoms with Crippen molar-refractivity contribution in [2.75, 3.05) is 7.05 Å². The van der Waals surface area contributed by atoms with E-state index in [1.165, 1.54) is 0 Å². The Hall–Kier alpha value is -2.39. The van der Waals surface area contributed by atoms with Crippen LogP contribution in [0.1, 0.15) is 11.5 Å². The summed E-state index contributed by atoms with van der Waals surface area (Å²) in [6.45, 7) is 0. The van der Waals surface area contributed by atoms with Crippen LogP contribution in [0, 0.1) is 17.2 Å². The molecule has 1 aromatic rings. The predicted octanol–water partition coefficient (Wildman–Crippen LogP) is 0.757. The lowest BCUT2D eigenvalue weighted by atomic mass is 9.78. The maximum atomic E-state index is 12.1. The second kappa shape index (κ2) is 5.72. The number of nitrogens with one attached hydrogen (secondary N) is 2. The smallest absolute Gasteiger partial charge is 0.230 e. The Morgan fingerprint density at radius 3 is 2.65 bits per heavy atom. The van der Waals surface area contributed by atoms with E-state index in [1.807, 2.05) is 30.3 Å². The summed E-state index contributed by atoms with van der Waals surface area (Å²) in [5.41, 5.74) is 7.01. The van der Waals surface area contributed by atoms with Crippen LogP contribution < -0.4 is 16.4 Å². The lowest BCUT2D eigenvalue weighted by molar-refractivity contribution is -0.122. The first-order valence-electron chi connectivity index (χ1n) is 6.07. The fourth-order valence-electron chi connectivity index (χ4n) is 2.34. The summed E-state index contributed by atoms with van der Waals surface area (Å²) in [7, 11) is 1.54. The molecule has 2 rings (SSSR count). The molecule has 102 valence electrons. The Bertz CT molecular complexity index is 618. The average Bonchev–Trinajstić information content (AvgIpc) is 2.46. The Balaban J connectivity index is 2.59. The fourth-order valence-corrected chi connectivity index (χ4v) is 2.69. The molecule has 1 amide bonds. The van der Waals surface area contributed by atoms with E-state index in [0.29, 0.717) is 10.6 Å². The molecule has 0 saturated heterocycles. The van der Waals surface area contributed by atoms with Gasteiger partial charge in [0.05, 0.1) is 16.6 Å². The highest BCUT2D eigenvalue weighted by Crippen LogP contribution is 2.36. The average molecular weight is 286 g/mol. The van der Waals surface area contributed by atoms with Gasteiger partial charge in [0, 0.05) is 13.0 Å². The maximum absolute atomic E-state index is 12.1. The van der Waals surface area contributed by atoms with Crippen LogP contribution in [0.15, 0.2) is 41.7 Å². The maximum Gasteiger partial charge on any atom is 0.230 e. The van der Waals surface area contributed by atoms with E-state index in [1.54, 1.807) is 7.05 Å². The summed E-state index contributed by atoms with van der Waals surface area (Å²) >= 11 is 5.23. The van der Waals surface area contributed by atoms with Crippen LogP contribution >= 0.6 is 12.2 Å². The highest BCUT2D eigenvalue weighted by atomic mass is 32.1. The van der Waals surface area contributed by atoms with Crippen molar-refractivity contribution in [2.24, 2.45) is 11.7 Å². The molecule has 1 aromatic carbocycles. The SMILES string of the molecule is CNC(=O)[C@H]1C(=S)NC(N)=C(C#N)[C@H]1c1ccccc1. The lowest BCUT2D eigenvalue weighted by Crippen LogP contribution is -2.48. The summed E-state index contributed by atoms with van der Waals surface area (Å²) in [6, 6.07) is 11.4. The Morgan fingerprint density at radius 2 is 2.10 bits per heavy atom. The Morgan fingerprint density at radius 1 is 1.45 bits per heavy atom. The molecule has 1 heterocycles. The Kier molecular flexibility index (Phi) is 4.01. The molecule has 6 heteroatoms. The minimum atomic E-state index is -0.639. The standard InChI is InChI=1S/C14H14N4OS/c1-17-13(19)11-10(8-5-3-2-4-6-8)9(7-15)12(16)18-14(11)20/h2-6,10-11H,16H2,1H3,(H,17,19)(H,18,20)/t10-,11+/m1/s1. The number of thiocarbonyl (C=S) groups is 1. The number of hydrogen-bond acceptors (Lipinski definition) is 4. The normalized spacial score (nSPS) is 21.9. The van der Waals surface area contributed by atoms with Crippen molar-refractivity contribution in [3.8, 4) is 6.07 Å².